The lowest BCUT2D eigenvalue weighted by atomic mass is 10.1. The predicted octanol–water partition coefficient (Wildman–Crippen LogP) is 2.69. The van der Waals surface area contributed by atoms with E-state index in [2.05, 4.69) is 35.8 Å². The number of aryl methyl sites for hydroxylation is 1. The summed E-state index contributed by atoms with van der Waals surface area (Å²) in [6, 6.07) is 8.58. The van der Waals surface area contributed by atoms with Crippen molar-refractivity contribution in [2.45, 2.75) is 25.8 Å². The highest BCUT2D eigenvalue weighted by Crippen LogP contribution is 2.26. The summed E-state index contributed by atoms with van der Waals surface area (Å²) < 4.78 is 1.18. The number of piperidine rings is 1. The van der Waals surface area contributed by atoms with E-state index < -0.39 is 0 Å². The zero-order valence-electron chi connectivity index (χ0n) is 11.0. The molecule has 0 saturated carbocycles. The average molecular weight is 274 g/mol. The highest BCUT2D eigenvalue weighted by atomic mass is 32.1. The fourth-order valence-corrected chi connectivity index (χ4v) is 3.45. The van der Waals surface area contributed by atoms with Crippen LogP contribution in [0.15, 0.2) is 24.3 Å². The minimum Gasteiger partial charge on any atom is -0.347 e. The number of hydrogen-bond acceptors (Lipinski definition) is 3. The molecule has 1 fully saturated rings. The van der Waals surface area contributed by atoms with Gasteiger partial charge in [-0.15, -0.1) is 11.3 Å². The maximum Gasteiger partial charge on any atom is 0.261 e. The molecule has 1 aliphatic rings. The number of amides is 1. The van der Waals surface area contributed by atoms with Crippen molar-refractivity contribution < 1.29 is 4.79 Å². The molecule has 1 aromatic carbocycles. The Balaban J connectivity index is 1.77. The van der Waals surface area contributed by atoms with Crippen LogP contribution in [0.25, 0.3) is 10.1 Å². The molecule has 0 radical (unpaired) electrons. The maximum absolute atomic E-state index is 12.2. The van der Waals surface area contributed by atoms with Gasteiger partial charge in [0.1, 0.15) is 0 Å². The number of thiophene rings is 1. The summed E-state index contributed by atoms with van der Waals surface area (Å²) in [7, 11) is 0. The summed E-state index contributed by atoms with van der Waals surface area (Å²) in [6.45, 7) is 4.02. The second-order valence-electron chi connectivity index (χ2n) is 5.17. The van der Waals surface area contributed by atoms with Gasteiger partial charge in [-0.25, -0.2) is 0 Å². The molecule has 2 N–H and O–H groups in total. The van der Waals surface area contributed by atoms with Crippen LogP contribution < -0.4 is 10.6 Å². The molecule has 0 unspecified atom stereocenters. The third kappa shape index (κ3) is 2.80. The van der Waals surface area contributed by atoms with E-state index in [1.165, 1.54) is 10.3 Å². The first kappa shape index (κ1) is 12.6. The van der Waals surface area contributed by atoms with Crippen LogP contribution in [0.3, 0.4) is 0 Å². The van der Waals surface area contributed by atoms with E-state index >= 15 is 0 Å². The fraction of sp³-hybridized carbons (Fsp3) is 0.400. The fourth-order valence-electron chi connectivity index (χ4n) is 2.51. The molecule has 19 heavy (non-hydrogen) atoms. The Morgan fingerprint density at radius 3 is 3.11 bits per heavy atom. The number of carbonyl (C=O) groups excluding carboxylic acids is 1. The molecule has 1 aromatic heterocycles. The quantitative estimate of drug-likeness (QED) is 0.884. The van der Waals surface area contributed by atoms with Crippen LogP contribution in [0.2, 0.25) is 0 Å². The molecular weight excluding hydrogens is 256 g/mol. The van der Waals surface area contributed by atoms with Crippen LogP contribution in [0.5, 0.6) is 0 Å². The molecule has 1 amide bonds. The standard InChI is InChI=1S/C15H18N2OS/c1-10-4-5-13-11(7-10)8-14(19-13)15(18)17-12-3-2-6-16-9-12/h4-5,7-8,12,16H,2-3,6,9H2,1H3,(H,17,18)/t12-/m1/s1. The summed E-state index contributed by atoms with van der Waals surface area (Å²) in [5, 5.41) is 7.60. The zero-order chi connectivity index (χ0) is 13.2. The molecule has 1 saturated heterocycles. The van der Waals surface area contributed by atoms with Crippen molar-refractivity contribution in [2.24, 2.45) is 0 Å². The second kappa shape index (κ2) is 5.31. The number of nitrogens with one attached hydrogen (secondary N) is 2. The highest BCUT2D eigenvalue weighted by molar-refractivity contribution is 7.20. The van der Waals surface area contributed by atoms with Gasteiger partial charge in [-0.2, -0.15) is 0 Å². The van der Waals surface area contributed by atoms with Gasteiger partial charge in [-0.05, 0) is 43.8 Å². The Morgan fingerprint density at radius 1 is 1.42 bits per heavy atom. The van der Waals surface area contributed by atoms with Gasteiger partial charge in [-0.1, -0.05) is 17.7 Å². The molecule has 4 heteroatoms. The van der Waals surface area contributed by atoms with Crippen molar-refractivity contribution in [1.82, 2.24) is 10.6 Å². The van der Waals surface area contributed by atoms with E-state index in [0.29, 0.717) is 0 Å². The topological polar surface area (TPSA) is 41.1 Å². The van der Waals surface area contributed by atoms with E-state index in [0.717, 1.165) is 36.2 Å². The Labute approximate surface area is 117 Å². The predicted molar refractivity (Wildman–Crippen MR) is 79.9 cm³/mol. The van der Waals surface area contributed by atoms with Gasteiger partial charge in [0.2, 0.25) is 0 Å². The minimum absolute atomic E-state index is 0.0625. The van der Waals surface area contributed by atoms with Crippen LogP contribution in [-0.4, -0.2) is 25.0 Å². The first-order valence-electron chi connectivity index (χ1n) is 6.74. The van der Waals surface area contributed by atoms with Crippen molar-refractivity contribution in [3.05, 3.63) is 34.7 Å². The Kier molecular flexibility index (Phi) is 3.53. The first-order valence-corrected chi connectivity index (χ1v) is 7.56. The first-order chi connectivity index (χ1) is 9.22. The number of hydrogen-bond donors (Lipinski definition) is 2. The third-order valence-corrected chi connectivity index (χ3v) is 4.64. The molecule has 0 bridgehead atoms. The van der Waals surface area contributed by atoms with Crippen LogP contribution in [0.4, 0.5) is 0 Å². The molecule has 1 aliphatic heterocycles. The molecule has 0 spiro atoms. The Hall–Kier alpha value is -1.39. The lowest BCUT2D eigenvalue weighted by Gasteiger charge is -2.23. The smallest absolute Gasteiger partial charge is 0.261 e. The number of rotatable bonds is 2. The van der Waals surface area contributed by atoms with Crippen LogP contribution in [0.1, 0.15) is 28.1 Å². The molecule has 2 aromatic rings. The van der Waals surface area contributed by atoms with Crippen LogP contribution >= 0.6 is 11.3 Å². The normalized spacial score (nSPS) is 19.5. The van der Waals surface area contributed by atoms with E-state index in [1.807, 2.05) is 6.07 Å². The monoisotopic (exact) mass is 274 g/mol. The summed E-state index contributed by atoms with van der Waals surface area (Å²) in [5.74, 6) is 0.0625. The molecule has 2 heterocycles. The largest absolute Gasteiger partial charge is 0.347 e. The lowest BCUT2D eigenvalue weighted by Crippen LogP contribution is -2.45. The molecule has 0 aliphatic carbocycles. The molecule has 3 nitrogen and oxygen atoms in total. The van der Waals surface area contributed by atoms with Crippen molar-refractivity contribution in [3.8, 4) is 0 Å². The molecule has 3 rings (SSSR count). The zero-order valence-corrected chi connectivity index (χ0v) is 11.8. The van der Waals surface area contributed by atoms with E-state index in [-0.39, 0.29) is 11.9 Å². The lowest BCUT2D eigenvalue weighted by molar-refractivity contribution is 0.0935. The number of carbonyl (C=O) groups is 1. The summed E-state index contributed by atoms with van der Waals surface area (Å²) in [5.41, 5.74) is 1.23. The van der Waals surface area contributed by atoms with E-state index in [1.54, 1.807) is 11.3 Å². The Bertz CT molecular complexity index is 599. The van der Waals surface area contributed by atoms with E-state index in [9.17, 15) is 4.79 Å². The highest BCUT2D eigenvalue weighted by Gasteiger charge is 2.17. The van der Waals surface area contributed by atoms with Crippen molar-refractivity contribution in [2.75, 3.05) is 13.1 Å². The second-order valence-corrected chi connectivity index (χ2v) is 6.25. The van der Waals surface area contributed by atoms with Gasteiger partial charge in [0.05, 0.1) is 4.88 Å². The van der Waals surface area contributed by atoms with Crippen molar-refractivity contribution in [1.29, 1.82) is 0 Å². The van der Waals surface area contributed by atoms with Gasteiger partial charge < -0.3 is 10.6 Å². The summed E-state index contributed by atoms with van der Waals surface area (Å²) in [4.78, 5) is 13.1. The minimum atomic E-state index is 0.0625. The molecule has 100 valence electrons. The average Bonchev–Trinajstić information content (AvgIpc) is 2.83. The molecule has 1 atom stereocenters. The number of benzene rings is 1. The van der Waals surface area contributed by atoms with Crippen molar-refractivity contribution >= 4 is 27.3 Å². The van der Waals surface area contributed by atoms with Crippen LogP contribution in [0, 0.1) is 6.92 Å². The third-order valence-electron chi connectivity index (χ3n) is 3.53. The SMILES string of the molecule is Cc1ccc2sc(C(=O)N[C@@H]3CCCNC3)cc2c1. The van der Waals surface area contributed by atoms with Gasteiger partial charge in [-0.3, -0.25) is 4.79 Å². The van der Waals surface area contributed by atoms with Gasteiger partial charge >= 0.3 is 0 Å². The Morgan fingerprint density at radius 2 is 2.32 bits per heavy atom. The van der Waals surface area contributed by atoms with Gasteiger partial charge in [0, 0.05) is 17.3 Å². The molecular formula is C15H18N2OS. The maximum atomic E-state index is 12.2. The van der Waals surface area contributed by atoms with Gasteiger partial charge in [0.15, 0.2) is 0 Å². The summed E-state index contributed by atoms with van der Waals surface area (Å²) >= 11 is 1.57. The summed E-state index contributed by atoms with van der Waals surface area (Å²) in [6.07, 6.45) is 2.21. The van der Waals surface area contributed by atoms with E-state index in [4.69, 9.17) is 0 Å². The van der Waals surface area contributed by atoms with Crippen molar-refractivity contribution in [3.63, 3.8) is 0 Å². The van der Waals surface area contributed by atoms with Gasteiger partial charge in [0.25, 0.3) is 5.91 Å². The number of fused-ring (bicyclic) bond motifs is 1. The van der Waals surface area contributed by atoms with Crippen LogP contribution in [-0.2, 0) is 0 Å².